The van der Waals surface area contributed by atoms with Gasteiger partial charge in [0.25, 0.3) is 0 Å². The number of amides is 2. The molecule has 24 heavy (non-hydrogen) atoms. The highest BCUT2D eigenvalue weighted by Crippen LogP contribution is 2.39. The van der Waals surface area contributed by atoms with Crippen molar-refractivity contribution in [3.05, 3.63) is 23.3 Å². The van der Waals surface area contributed by atoms with E-state index < -0.39 is 6.10 Å². The van der Waals surface area contributed by atoms with Gasteiger partial charge in [0.1, 0.15) is 17.6 Å². The molecule has 0 radical (unpaired) electrons. The largest absolute Gasteiger partial charge is 0.496 e. The van der Waals surface area contributed by atoms with E-state index in [2.05, 4.69) is 5.32 Å². The van der Waals surface area contributed by atoms with Crippen molar-refractivity contribution in [2.75, 3.05) is 40.5 Å². The number of fused-ring (bicyclic) bond motifs is 1. The average Bonchev–Trinajstić information content (AvgIpc) is 3.12. The van der Waals surface area contributed by atoms with Gasteiger partial charge in [-0.05, 0) is 18.6 Å². The Hall–Kier alpha value is -1.99. The maximum atomic E-state index is 12.5. The van der Waals surface area contributed by atoms with Gasteiger partial charge in [-0.2, -0.15) is 0 Å². The fourth-order valence-corrected chi connectivity index (χ4v) is 3.32. The Morgan fingerprint density at radius 3 is 2.79 bits per heavy atom. The second-order valence-corrected chi connectivity index (χ2v) is 6.17. The predicted molar refractivity (Wildman–Crippen MR) is 87.2 cm³/mol. The molecule has 2 aliphatic heterocycles. The first-order valence-electron chi connectivity index (χ1n) is 8.16. The molecule has 7 nitrogen and oxygen atoms in total. The highest BCUT2D eigenvalue weighted by molar-refractivity contribution is 5.75. The number of methoxy groups -OCH3 is 2. The number of urea groups is 1. The van der Waals surface area contributed by atoms with E-state index in [0.29, 0.717) is 42.7 Å². The molecule has 2 amide bonds. The van der Waals surface area contributed by atoms with Crippen molar-refractivity contribution in [3.8, 4) is 11.5 Å². The van der Waals surface area contributed by atoms with Crippen LogP contribution in [0.4, 0.5) is 4.79 Å². The summed E-state index contributed by atoms with van der Waals surface area (Å²) in [6.45, 7) is 2.64. The van der Waals surface area contributed by atoms with Gasteiger partial charge >= 0.3 is 6.03 Å². The molecule has 1 aromatic rings. The summed E-state index contributed by atoms with van der Waals surface area (Å²) in [5, 5.41) is 13.5. The summed E-state index contributed by atoms with van der Waals surface area (Å²) in [4.78, 5) is 14.1. The van der Waals surface area contributed by atoms with E-state index in [4.69, 9.17) is 14.2 Å². The lowest BCUT2D eigenvalue weighted by molar-refractivity contribution is 0.1000. The third-order valence-electron chi connectivity index (χ3n) is 4.64. The highest BCUT2D eigenvalue weighted by atomic mass is 16.5. The van der Waals surface area contributed by atoms with Gasteiger partial charge in [-0.25, -0.2) is 4.79 Å². The first kappa shape index (κ1) is 16.9. The van der Waals surface area contributed by atoms with Gasteiger partial charge in [-0.3, -0.25) is 0 Å². The number of rotatable bonds is 4. The molecule has 2 aliphatic rings. The van der Waals surface area contributed by atoms with Crippen LogP contribution in [0.1, 0.15) is 23.7 Å². The second kappa shape index (κ2) is 7.27. The molecular weight excluding hydrogens is 312 g/mol. The zero-order chi connectivity index (χ0) is 17.1. The van der Waals surface area contributed by atoms with Crippen LogP contribution in [0.5, 0.6) is 11.5 Å². The molecule has 2 N–H and O–H groups in total. The lowest BCUT2D eigenvalue weighted by Gasteiger charge is -2.34. The number of ether oxygens (including phenoxy) is 3. The van der Waals surface area contributed by atoms with E-state index in [0.717, 1.165) is 18.6 Å². The van der Waals surface area contributed by atoms with Crippen LogP contribution >= 0.6 is 0 Å². The lowest BCUT2D eigenvalue weighted by Crippen LogP contribution is -2.45. The molecule has 2 atom stereocenters. The van der Waals surface area contributed by atoms with E-state index in [1.165, 1.54) is 0 Å². The zero-order valence-corrected chi connectivity index (χ0v) is 14.1. The average molecular weight is 336 g/mol. The molecule has 132 valence electrons. The third kappa shape index (κ3) is 3.27. The van der Waals surface area contributed by atoms with Crippen LogP contribution in [-0.4, -0.2) is 56.6 Å². The first-order chi connectivity index (χ1) is 11.6. The molecule has 0 aromatic heterocycles. The Morgan fingerprint density at radius 1 is 1.38 bits per heavy atom. The number of aliphatic hydroxyl groups is 1. The molecule has 1 saturated heterocycles. The molecule has 1 fully saturated rings. The molecular formula is C17H24N2O5. The summed E-state index contributed by atoms with van der Waals surface area (Å²) in [7, 11) is 3.14. The maximum Gasteiger partial charge on any atom is 0.317 e. The number of carbonyl (C=O) groups excluding carboxylic acids is 1. The Bertz CT molecular complexity index is 601. The van der Waals surface area contributed by atoms with Gasteiger partial charge in [-0.15, -0.1) is 0 Å². The zero-order valence-electron chi connectivity index (χ0n) is 14.1. The Morgan fingerprint density at radius 2 is 2.12 bits per heavy atom. The number of nitrogens with zero attached hydrogens (tertiary/aromatic N) is 1. The lowest BCUT2D eigenvalue weighted by atomic mass is 9.95. The molecule has 7 heteroatoms. The standard InChI is InChI=1S/C17H24N2O5/c1-22-14-3-4-15(23-2)16-12(14)8-19(9-13(16)20)17(21)18-7-11-5-6-24-10-11/h3-4,11,13,20H,5-10H2,1-2H3,(H,18,21)/t11-,13-/m1/s1. The molecule has 3 rings (SSSR count). The summed E-state index contributed by atoms with van der Waals surface area (Å²) in [5.74, 6) is 1.62. The fourth-order valence-electron chi connectivity index (χ4n) is 3.32. The van der Waals surface area contributed by atoms with E-state index in [9.17, 15) is 9.90 Å². The number of carbonyl (C=O) groups is 1. The van der Waals surface area contributed by atoms with Crippen LogP contribution in [-0.2, 0) is 11.3 Å². The quantitative estimate of drug-likeness (QED) is 0.866. The fraction of sp³-hybridized carbons (Fsp3) is 0.588. The molecule has 0 saturated carbocycles. The molecule has 1 aromatic carbocycles. The Balaban J connectivity index is 1.74. The van der Waals surface area contributed by atoms with Crippen molar-refractivity contribution >= 4 is 6.03 Å². The molecule has 0 bridgehead atoms. The topological polar surface area (TPSA) is 80.3 Å². The van der Waals surface area contributed by atoms with Crippen molar-refractivity contribution in [1.82, 2.24) is 10.2 Å². The number of aliphatic hydroxyl groups excluding tert-OH is 1. The van der Waals surface area contributed by atoms with Crippen molar-refractivity contribution in [1.29, 1.82) is 0 Å². The molecule has 2 heterocycles. The van der Waals surface area contributed by atoms with Gasteiger partial charge in [0.05, 0.1) is 33.9 Å². The van der Waals surface area contributed by atoms with Crippen LogP contribution in [0.25, 0.3) is 0 Å². The van der Waals surface area contributed by atoms with Gasteiger partial charge in [-0.1, -0.05) is 0 Å². The van der Waals surface area contributed by atoms with Gasteiger partial charge in [0, 0.05) is 30.2 Å². The summed E-state index contributed by atoms with van der Waals surface area (Å²) >= 11 is 0. The van der Waals surface area contributed by atoms with Gasteiger partial charge in [0.15, 0.2) is 0 Å². The number of hydrogen-bond donors (Lipinski definition) is 2. The second-order valence-electron chi connectivity index (χ2n) is 6.17. The Kier molecular flexibility index (Phi) is 5.11. The smallest absolute Gasteiger partial charge is 0.317 e. The highest BCUT2D eigenvalue weighted by Gasteiger charge is 2.32. The first-order valence-corrected chi connectivity index (χ1v) is 8.16. The van der Waals surface area contributed by atoms with Gasteiger partial charge < -0.3 is 29.5 Å². The van der Waals surface area contributed by atoms with E-state index >= 15 is 0 Å². The maximum absolute atomic E-state index is 12.5. The minimum atomic E-state index is -0.806. The number of β-amino-alcohol motifs (C(OH)–C–C–N with tert-alkyl or cyclic N) is 1. The Labute approximate surface area is 141 Å². The minimum Gasteiger partial charge on any atom is -0.496 e. The SMILES string of the molecule is COc1ccc(OC)c2c1CN(C(=O)NC[C@H]1CCOC1)C[C@H]2O. The van der Waals surface area contributed by atoms with Crippen molar-refractivity contribution in [3.63, 3.8) is 0 Å². The number of nitrogens with one attached hydrogen (secondary N) is 1. The van der Waals surface area contributed by atoms with Crippen molar-refractivity contribution in [2.24, 2.45) is 5.92 Å². The van der Waals surface area contributed by atoms with Gasteiger partial charge in [0.2, 0.25) is 0 Å². The predicted octanol–water partition coefficient (Wildman–Crippen LogP) is 1.30. The van der Waals surface area contributed by atoms with Crippen LogP contribution < -0.4 is 14.8 Å². The van der Waals surface area contributed by atoms with Crippen LogP contribution in [0, 0.1) is 5.92 Å². The normalized spacial score (nSPS) is 22.9. The van der Waals surface area contributed by atoms with E-state index in [1.54, 1.807) is 31.3 Å². The van der Waals surface area contributed by atoms with Crippen LogP contribution in [0.2, 0.25) is 0 Å². The molecule has 0 aliphatic carbocycles. The summed E-state index contributed by atoms with van der Waals surface area (Å²) in [6, 6.07) is 3.38. The third-order valence-corrected chi connectivity index (χ3v) is 4.64. The summed E-state index contributed by atoms with van der Waals surface area (Å²) in [5.41, 5.74) is 1.49. The molecule has 0 unspecified atom stereocenters. The van der Waals surface area contributed by atoms with E-state index in [1.807, 2.05) is 0 Å². The van der Waals surface area contributed by atoms with Crippen molar-refractivity contribution in [2.45, 2.75) is 19.1 Å². The van der Waals surface area contributed by atoms with E-state index in [-0.39, 0.29) is 12.6 Å². The number of hydrogen-bond acceptors (Lipinski definition) is 5. The minimum absolute atomic E-state index is 0.184. The summed E-state index contributed by atoms with van der Waals surface area (Å²) < 4.78 is 16.1. The monoisotopic (exact) mass is 336 g/mol. The van der Waals surface area contributed by atoms with Crippen LogP contribution in [0.3, 0.4) is 0 Å². The van der Waals surface area contributed by atoms with Crippen molar-refractivity contribution < 1.29 is 24.1 Å². The van der Waals surface area contributed by atoms with Crippen LogP contribution in [0.15, 0.2) is 12.1 Å². The number of benzene rings is 1. The molecule has 0 spiro atoms. The summed E-state index contributed by atoms with van der Waals surface area (Å²) in [6.07, 6.45) is 0.163.